The summed E-state index contributed by atoms with van der Waals surface area (Å²) in [4.78, 5) is 17.5. The highest BCUT2D eigenvalue weighted by Crippen LogP contribution is 2.13. The Labute approximate surface area is 109 Å². The molecule has 5 heteroatoms. The van der Waals surface area contributed by atoms with Crippen molar-refractivity contribution >= 4 is 17.4 Å². The number of carbonyl (C=O) groups is 1. The average Bonchev–Trinajstić information content (AvgIpc) is 2.35. The van der Waals surface area contributed by atoms with Crippen LogP contribution in [0.15, 0.2) is 18.3 Å². The van der Waals surface area contributed by atoms with Crippen LogP contribution in [0, 0.1) is 0 Å². The molecule has 100 valence electrons. The van der Waals surface area contributed by atoms with E-state index in [9.17, 15) is 4.79 Å². The van der Waals surface area contributed by atoms with Crippen LogP contribution in [-0.4, -0.2) is 42.5 Å². The van der Waals surface area contributed by atoms with Crippen molar-refractivity contribution in [1.82, 2.24) is 9.88 Å². The van der Waals surface area contributed by atoms with Gasteiger partial charge in [-0.25, -0.2) is 4.98 Å². The number of anilines is 2. The second-order valence-electron chi connectivity index (χ2n) is 4.46. The standard InChI is InChI=1S/C13H22N4O/c1-5-7-14-12-9-11(6-8-15-12)16-10(2)13(18)17(3)4/h6,8-10H,5,7H2,1-4H3,(H2,14,15,16). The van der Waals surface area contributed by atoms with Crippen LogP contribution < -0.4 is 10.6 Å². The topological polar surface area (TPSA) is 57.3 Å². The lowest BCUT2D eigenvalue weighted by Crippen LogP contribution is -2.36. The summed E-state index contributed by atoms with van der Waals surface area (Å²) in [6.07, 6.45) is 2.78. The Morgan fingerprint density at radius 2 is 2.22 bits per heavy atom. The lowest BCUT2D eigenvalue weighted by molar-refractivity contribution is -0.129. The molecule has 1 aromatic heterocycles. The summed E-state index contributed by atoms with van der Waals surface area (Å²) in [5, 5.41) is 6.38. The third kappa shape index (κ3) is 4.24. The lowest BCUT2D eigenvalue weighted by atomic mass is 10.2. The quantitative estimate of drug-likeness (QED) is 0.808. The van der Waals surface area contributed by atoms with Crippen molar-refractivity contribution in [2.75, 3.05) is 31.3 Å². The molecule has 1 amide bonds. The normalized spacial score (nSPS) is 11.8. The highest BCUT2D eigenvalue weighted by atomic mass is 16.2. The summed E-state index contributed by atoms with van der Waals surface area (Å²) in [7, 11) is 3.50. The maximum Gasteiger partial charge on any atom is 0.244 e. The van der Waals surface area contributed by atoms with Gasteiger partial charge < -0.3 is 15.5 Å². The number of likely N-dealkylation sites (N-methyl/N-ethyl adjacent to an activating group) is 1. The first-order chi connectivity index (χ1) is 8.54. The van der Waals surface area contributed by atoms with Gasteiger partial charge in [-0.3, -0.25) is 4.79 Å². The van der Waals surface area contributed by atoms with Crippen LogP contribution in [0.3, 0.4) is 0 Å². The van der Waals surface area contributed by atoms with E-state index in [1.807, 2.05) is 19.1 Å². The van der Waals surface area contributed by atoms with Gasteiger partial charge in [0.1, 0.15) is 11.9 Å². The molecular weight excluding hydrogens is 228 g/mol. The molecule has 0 aliphatic rings. The first kappa shape index (κ1) is 14.3. The lowest BCUT2D eigenvalue weighted by Gasteiger charge is -2.19. The summed E-state index contributed by atoms with van der Waals surface area (Å²) >= 11 is 0. The number of aromatic nitrogens is 1. The Morgan fingerprint density at radius 1 is 1.50 bits per heavy atom. The first-order valence-electron chi connectivity index (χ1n) is 6.22. The Kier molecular flexibility index (Phi) is 5.42. The van der Waals surface area contributed by atoms with Crippen molar-refractivity contribution in [2.45, 2.75) is 26.3 Å². The van der Waals surface area contributed by atoms with Crippen molar-refractivity contribution < 1.29 is 4.79 Å². The Bertz CT molecular complexity index is 392. The van der Waals surface area contributed by atoms with Crippen LogP contribution in [0.2, 0.25) is 0 Å². The second kappa shape index (κ2) is 6.83. The molecule has 0 fully saturated rings. The summed E-state index contributed by atoms with van der Waals surface area (Å²) < 4.78 is 0. The molecule has 0 spiro atoms. The van der Waals surface area contributed by atoms with Gasteiger partial charge >= 0.3 is 0 Å². The molecular formula is C13H22N4O. The molecule has 0 aliphatic carbocycles. The molecule has 2 N–H and O–H groups in total. The minimum atomic E-state index is -0.249. The third-order valence-electron chi connectivity index (χ3n) is 2.51. The number of rotatable bonds is 6. The van der Waals surface area contributed by atoms with E-state index >= 15 is 0 Å². The summed E-state index contributed by atoms with van der Waals surface area (Å²) in [6, 6.07) is 3.52. The van der Waals surface area contributed by atoms with Gasteiger partial charge in [0, 0.05) is 38.6 Å². The SMILES string of the molecule is CCCNc1cc(NC(C)C(=O)N(C)C)ccn1. The molecule has 0 aromatic carbocycles. The largest absolute Gasteiger partial charge is 0.374 e. The summed E-state index contributed by atoms with van der Waals surface area (Å²) in [5.41, 5.74) is 0.895. The molecule has 1 rings (SSSR count). The highest BCUT2D eigenvalue weighted by Gasteiger charge is 2.14. The van der Waals surface area contributed by atoms with Gasteiger partial charge in [-0.15, -0.1) is 0 Å². The molecule has 0 aliphatic heterocycles. The maximum absolute atomic E-state index is 11.7. The van der Waals surface area contributed by atoms with E-state index in [2.05, 4.69) is 22.5 Å². The molecule has 5 nitrogen and oxygen atoms in total. The van der Waals surface area contributed by atoms with Gasteiger partial charge in [-0.1, -0.05) is 6.92 Å². The van der Waals surface area contributed by atoms with Gasteiger partial charge in [0.2, 0.25) is 5.91 Å². The van der Waals surface area contributed by atoms with E-state index in [4.69, 9.17) is 0 Å². The predicted molar refractivity (Wildman–Crippen MR) is 74.8 cm³/mol. The van der Waals surface area contributed by atoms with Crippen LogP contribution in [0.1, 0.15) is 20.3 Å². The fraction of sp³-hybridized carbons (Fsp3) is 0.538. The van der Waals surface area contributed by atoms with Crippen LogP contribution in [0.25, 0.3) is 0 Å². The van der Waals surface area contributed by atoms with Crippen molar-refractivity contribution in [3.05, 3.63) is 18.3 Å². The van der Waals surface area contributed by atoms with Gasteiger partial charge in [-0.05, 0) is 19.4 Å². The molecule has 1 atom stereocenters. The predicted octanol–water partition coefficient (Wildman–Crippen LogP) is 1.79. The van der Waals surface area contributed by atoms with E-state index < -0.39 is 0 Å². The zero-order valence-electron chi connectivity index (χ0n) is 11.5. The van der Waals surface area contributed by atoms with Crippen molar-refractivity contribution in [2.24, 2.45) is 0 Å². The number of hydrogen-bond acceptors (Lipinski definition) is 4. The first-order valence-corrected chi connectivity index (χ1v) is 6.22. The monoisotopic (exact) mass is 250 g/mol. The Morgan fingerprint density at radius 3 is 2.83 bits per heavy atom. The molecule has 18 heavy (non-hydrogen) atoms. The van der Waals surface area contributed by atoms with Gasteiger partial charge in [0.05, 0.1) is 0 Å². The molecule has 0 radical (unpaired) electrons. The summed E-state index contributed by atoms with van der Waals surface area (Å²) in [5.74, 6) is 0.876. The molecule has 1 heterocycles. The summed E-state index contributed by atoms with van der Waals surface area (Å²) in [6.45, 7) is 4.84. The fourth-order valence-electron chi connectivity index (χ4n) is 1.57. The van der Waals surface area contributed by atoms with Crippen LogP contribution in [0.5, 0.6) is 0 Å². The van der Waals surface area contributed by atoms with Crippen LogP contribution >= 0.6 is 0 Å². The number of carbonyl (C=O) groups excluding carboxylic acids is 1. The van der Waals surface area contributed by atoms with E-state index in [0.717, 1.165) is 24.5 Å². The van der Waals surface area contributed by atoms with Crippen molar-refractivity contribution in [3.63, 3.8) is 0 Å². The second-order valence-corrected chi connectivity index (χ2v) is 4.46. The van der Waals surface area contributed by atoms with Gasteiger partial charge in [0.25, 0.3) is 0 Å². The molecule has 0 bridgehead atoms. The number of pyridine rings is 1. The minimum absolute atomic E-state index is 0.0508. The van der Waals surface area contributed by atoms with Gasteiger partial charge in [-0.2, -0.15) is 0 Å². The van der Waals surface area contributed by atoms with E-state index in [1.54, 1.807) is 25.2 Å². The Balaban J connectivity index is 2.64. The highest BCUT2D eigenvalue weighted by molar-refractivity contribution is 5.83. The molecule has 1 aromatic rings. The third-order valence-corrected chi connectivity index (χ3v) is 2.51. The number of nitrogens with zero attached hydrogens (tertiary/aromatic N) is 2. The molecule has 1 unspecified atom stereocenters. The minimum Gasteiger partial charge on any atom is -0.374 e. The molecule has 0 saturated carbocycles. The van der Waals surface area contributed by atoms with Gasteiger partial charge in [0.15, 0.2) is 0 Å². The average molecular weight is 250 g/mol. The zero-order valence-corrected chi connectivity index (χ0v) is 11.5. The smallest absolute Gasteiger partial charge is 0.244 e. The van der Waals surface area contributed by atoms with Crippen LogP contribution in [0.4, 0.5) is 11.5 Å². The number of nitrogens with one attached hydrogen (secondary N) is 2. The zero-order chi connectivity index (χ0) is 13.5. The van der Waals surface area contributed by atoms with E-state index in [-0.39, 0.29) is 11.9 Å². The maximum atomic E-state index is 11.7. The van der Waals surface area contributed by atoms with Crippen molar-refractivity contribution in [3.8, 4) is 0 Å². The number of hydrogen-bond donors (Lipinski definition) is 2. The van der Waals surface area contributed by atoms with E-state index in [0.29, 0.717) is 0 Å². The van der Waals surface area contributed by atoms with Crippen molar-refractivity contribution in [1.29, 1.82) is 0 Å². The Hall–Kier alpha value is -1.78. The molecule has 0 saturated heterocycles. The number of amides is 1. The fourth-order valence-corrected chi connectivity index (χ4v) is 1.57. The van der Waals surface area contributed by atoms with Crippen LogP contribution in [-0.2, 0) is 4.79 Å². The van der Waals surface area contributed by atoms with E-state index in [1.165, 1.54) is 0 Å².